The molecular formula is C26H23N. The molecule has 4 aromatic carbocycles. The Morgan fingerprint density at radius 3 is 1.22 bits per heavy atom. The highest BCUT2D eigenvalue weighted by atomic mass is 14.9. The monoisotopic (exact) mass is 349 g/mol. The van der Waals surface area contributed by atoms with Crippen molar-refractivity contribution in [3.05, 3.63) is 138 Å². The molecule has 1 heteroatoms. The quantitative estimate of drug-likeness (QED) is 0.410. The molecular weight excluding hydrogens is 326 g/mol. The second-order valence-electron chi connectivity index (χ2n) is 6.70. The summed E-state index contributed by atoms with van der Waals surface area (Å²) in [5, 5.41) is 3.79. The molecule has 0 aliphatic carbocycles. The fourth-order valence-corrected chi connectivity index (χ4v) is 3.63. The lowest BCUT2D eigenvalue weighted by atomic mass is 9.81. The Hall–Kier alpha value is -3.32. The molecule has 0 radical (unpaired) electrons. The normalized spacial score (nSPS) is 11.9. The molecule has 0 aliphatic heterocycles. The molecule has 0 saturated carbocycles. The summed E-state index contributed by atoms with van der Waals surface area (Å²) in [6.07, 6.45) is 0. The molecule has 0 bridgehead atoms. The van der Waals surface area contributed by atoms with Gasteiger partial charge in [-0.15, -0.1) is 0 Å². The van der Waals surface area contributed by atoms with Gasteiger partial charge in [0.25, 0.3) is 0 Å². The third-order valence-corrected chi connectivity index (χ3v) is 4.91. The van der Waals surface area contributed by atoms with Gasteiger partial charge < -0.3 is 5.32 Å². The van der Waals surface area contributed by atoms with Gasteiger partial charge in [-0.05, 0) is 28.8 Å². The highest BCUT2D eigenvalue weighted by Crippen LogP contribution is 2.39. The van der Waals surface area contributed by atoms with Crippen molar-refractivity contribution >= 4 is 5.69 Å². The fourth-order valence-electron chi connectivity index (χ4n) is 3.63. The van der Waals surface area contributed by atoms with Crippen molar-refractivity contribution in [1.29, 1.82) is 0 Å². The zero-order chi connectivity index (χ0) is 18.3. The van der Waals surface area contributed by atoms with E-state index < -0.39 is 0 Å². The van der Waals surface area contributed by atoms with E-state index in [0.29, 0.717) is 0 Å². The number of anilines is 1. The van der Waals surface area contributed by atoms with Crippen molar-refractivity contribution in [1.82, 2.24) is 0 Å². The van der Waals surface area contributed by atoms with Crippen LogP contribution in [0, 0.1) is 0 Å². The van der Waals surface area contributed by atoms with E-state index in [-0.39, 0.29) is 12.0 Å². The van der Waals surface area contributed by atoms with Crippen molar-refractivity contribution in [2.24, 2.45) is 0 Å². The molecule has 0 aliphatic rings. The van der Waals surface area contributed by atoms with Crippen molar-refractivity contribution in [2.75, 3.05) is 5.32 Å². The molecule has 4 rings (SSSR count). The third kappa shape index (κ3) is 4.09. The van der Waals surface area contributed by atoms with Gasteiger partial charge in [0.15, 0.2) is 0 Å². The topological polar surface area (TPSA) is 12.0 Å². The molecule has 0 fully saturated rings. The van der Waals surface area contributed by atoms with Crippen LogP contribution in [0.3, 0.4) is 0 Å². The Morgan fingerprint density at radius 2 is 0.778 bits per heavy atom. The Labute approximate surface area is 161 Å². The largest absolute Gasteiger partial charge is 0.377 e. The van der Waals surface area contributed by atoms with Crippen molar-refractivity contribution in [2.45, 2.75) is 12.0 Å². The standard InChI is InChI=1S/C26H23N/c1-5-13-21(14-6-1)25(22-15-7-2-8-16-22)26(23-17-9-3-10-18-23)27-24-19-11-4-12-20-24/h1-20,25-27H. The first-order chi connectivity index (χ1) is 13.4. The zero-order valence-electron chi connectivity index (χ0n) is 15.2. The van der Waals surface area contributed by atoms with E-state index >= 15 is 0 Å². The van der Waals surface area contributed by atoms with Gasteiger partial charge in [0, 0.05) is 11.6 Å². The van der Waals surface area contributed by atoms with E-state index in [1.165, 1.54) is 16.7 Å². The van der Waals surface area contributed by atoms with Gasteiger partial charge in [0.05, 0.1) is 6.04 Å². The molecule has 1 nitrogen and oxygen atoms in total. The second kappa shape index (κ2) is 8.37. The lowest BCUT2D eigenvalue weighted by Crippen LogP contribution is -2.20. The fraction of sp³-hybridized carbons (Fsp3) is 0.0769. The summed E-state index contributed by atoms with van der Waals surface area (Å²) in [5.74, 6) is 0.204. The Bertz CT molecular complexity index is 895. The predicted molar refractivity (Wildman–Crippen MR) is 114 cm³/mol. The summed E-state index contributed by atoms with van der Waals surface area (Å²) in [7, 11) is 0. The van der Waals surface area contributed by atoms with Crippen LogP contribution in [0.15, 0.2) is 121 Å². The van der Waals surface area contributed by atoms with Crippen molar-refractivity contribution in [3.8, 4) is 0 Å². The SMILES string of the molecule is c1ccc(NC(c2ccccc2)C(c2ccccc2)c2ccccc2)cc1. The van der Waals surface area contributed by atoms with E-state index in [1.54, 1.807) is 0 Å². The first-order valence-electron chi connectivity index (χ1n) is 9.38. The van der Waals surface area contributed by atoms with Crippen LogP contribution >= 0.6 is 0 Å². The average molecular weight is 349 g/mol. The van der Waals surface area contributed by atoms with E-state index in [2.05, 4.69) is 127 Å². The third-order valence-electron chi connectivity index (χ3n) is 4.91. The molecule has 132 valence electrons. The van der Waals surface area contributed by atoms with Gasteiger partial charge in [-0.1, -0.05) is 109 Å². The molecule has 1 N–H and O–H groups in total. The zero-order valence-corrected chi connectivity index (χ0v) is 15.2. The van der Waals surface area contributed by atoms with Gasteiger partial charge in [-0.2, -0.15) is 0 Å². The average Bonchev–Trinajstić information content (AvgIpc) is 2.76. The summed E-state index contributed by atoms with van der Waals surface area (Å²) in [5.41, 5.74) is 5.02. The molecule has 0 saturated heterocycles. The molecule has 1 atom stereocenters. The highest BCUT2D eigenvalue weighted by molar-refractivity contribution is 5.49. The second-order valence-corrected chi connectivity index (χ2v) is 6.70. The van der Waals surface area contributed by atoms with Gasteiger partial charge in [0.2, 0.25) is 0 Å². The lowest BCUT2D eigenvalue weighted by molar-refractivity contribution is 0.671. The minimum atomic E-state index is 0.124. The van der Waals surface area contributed by atoms with Gasteiger partial charge >= 0.3 is 0 Å². The van der Waals surface area contributed by atoms with Crippen LogP contribution in [0.1, 0.15) is 28.7 Å². The summed E-state index contributed by atoms with van der Waals surface area (Å²) in [6.45, 7) is 0. The van der Waals surface area contributed by atoms with Crippen LogP contribution in [-0.2, 0) is 0 Å². The molecule has 0 spiro atoms. The van der Waals surface area contributed by atoms with E-state index in [0.717, 1.165) is 5.69 Å². The molecule has 27 heavy (non-hydrogen) atoms. The number of hydrogen-bond donors (Lipinski definition) is 1. The number of hydrogen-bond acceptors (Lipinski definition) is 1. The molecule has 0 amide bonds. The Morgan fingerprint density at radius 1 is 0.407 bits per heavy atom. The van der Waals surface area contributed by atoms with E-state index in [1.807, 2.05) is 0 Å². The van der Waals surface area contributed by atoms with Gasteiger partial charge in [0.1, 0.15) is 0 Å². The van der Waals surface area contributed by atoms with Gasteiger partial charge in [-0.25, -0.2) is 0 Å². The summed E-state index contributed by atoms with van der Waals surface area (Å²) >= 11 is 0. The summed E-state index contributed by atoms with van der Waals surface area (Å²) < 4.78 is 0. The van der Waals surface area contributed by atoms with E-state index in [9.17, 15) is 0 Å². The number of para-hydroxylation sites is 1. The number of benzene rings is 4. The molecule has 0 aromatic heterocycles. The van der Waals surface area contributed by atoms with Crippen molar-refractivity contribution < 1.29 is 0 Å². The predicted octanol–water partition coefficient (Wildman–Crippen LogP) is 6.67. The van der Waals surface area contributed by atoms with Crippen LogP contribution in [0.5, 0.6) is 0 Å². The van der Waals surface area contributed by atoms with Gasteiger partial charge in [-0.3, -0.25) is 0 Å². The van der Waals surface area contributed by atoms with Crippen LogP contribution in [-0.4, -0.2) is 0 Å². The smallest absolute Gasteiger partial charge is 0.0623 e. The molecule has 1 unspecified atom stereocenters. The summed E-state index contributed by atoms with van der Waals surface area (Å²) in [4.78, 5) is 0. The lowest BCUT2D eigenvalue weighted by Gasteiger charge is -2.30. The highest BCUT2D eigenvalue weighted by Gasteiger charge is 2.26. The minimum Gasteiger partial charge on any atom is -0.377 e. The summed E-state index contributed by atoms with van der Waals surface area (Å²) in [6, 6.07) is 42.8. The number of rotatable bonds is 6. The first kappa shape index (κ1) is 17.1. The maximum Gasteiger partial charge on any atom is 0.0623 e. The maximum atomic E-state index is 3.79. The van der Waals surface area contributed by atoms with Crippen LogP contribution in [0.25, 0.3) is 0 Å². The van der Waals surface area contributed by atoms with Crippen LogP contribution < -0.4 is 5.32 Å². The van der Waals surface area contributed by atoms with Crippen LogP contribution in [0.2, 0.25) is 0 Å². The maximum absolute atomic E-state index is 3.79. The minimum absolute atomic E-state index is 0.124. The Kier molecular flexibility index (Phi) is 5.31. The van der Waals surface area contributed by atoms with Crippen LogP contribution in [0.4, 0.5) is 5.69 Å². The molecule has 0 heterocycles. The van der Waals surface area contributed by atoms with Crippen molar-refractivity contribution in [3.63, 3.8) is 0 Å². The Balaban J connectivity index is 1.83. The van der Waals surface area contributed by atoms with E-state index in [4.69, 9.17) is 0 Å². The number of nitrogens with one attached hydrogen (secondary N) is 1. The first-order valence-corrected chi connectivity index (χ1v) is 9.38. The molecule has 4 aromatic rings.